The summed E-state index contributed by atoms with van der Waals surface area (Å²) < 4.78 is 33.3. The first kappa shape index (κ1) is 23.1. The van der Waals surface area contributed by atoms with Gasteiger partial charge in [-0.05, 0) is 56.0 Å². The summed E-state index contributed by atoms with van der Waals surface area (Å²) in [5.41, 5.74) is 3.77. The molecular weight excluding hydrogens is 452 g/mol. The zero-order chi connectivity index (χ0) is 23.7. The van der Waals surface area contributed by atoms with E-state index in [1.54, 1.807) is 12.1 Å². The van der Waals surface area contributed by atoms with Crippen LogP contribution in [0.4, 0.5) is 17.1 Å². The third-order valence-electron chi connectivity index (χ3n) is 6.93. The summed E-state index contributed by atoms with van der Waals surface area (Å²) in [6.07, 6.45) is 3.05. The van der Waals surface area contributed by atoms with Gasteiger partial charge in [0.25, 0.3) is 0 Å². The summed E-state index contributed by atoms with van der Waals surface area (Å²) in [7, 11) is -3.63. The maximum absolute atomic E-state index is 13.3. The molecule has 0 bridgehead atoms. The highest BCUT2D eigenvalue weighted by Crippen LogP contribution is 2.34. The zero-order valence-corrected chi connectivity index (χ0v) is 20.4. The van der Waals surface area contributed by atoms with Crippen LogP contribution >= 0.6 is 0 Å². The van der Waals surface area contributed by atoms with Gasteiger partial charge in [-0.2, -0.15) is 4.31 Å². The van der Waals surface area contributed by atoms with Crippen LogP contribution in [0, 0.1) is 0 Å². The molecule has 2 aromatic carbocycles. The Bertz CT molecular complexity index is 1160. The maximum Gasteiger partial charge on any atom is 0.246 e. The van der Waals surface area contributed by atoms with Gasteiger partial charge in [-0.1, -0.05) is 18.2 Å². The maximum atomic E-state index is 13.3. The van der Waals surface area contributed by atoms with E-state index < -0.39 is 10.0 Å². The minimum atomic E-state index is -3.63. The molecule has 34 heavy (non-hydrogen) atoms. The lowest BCUT2D eigenvalue weighted by Gasteiger charge is -2.28. The van der Waals surface area contributed by atoms with Crippen molar-refractivity contribution in [3.63, 3.8) is 0 Å². The molecule has 9 heteroatoms. The summed E-state index contributed by atoms with van der Waals surface area (Å²) in [6.45, 7) is 5.51. The van der Waals surface area contributed by atoms with Gasteiger partial charge < -0.3 is 19.9 Å². The molecule has 0 aliphatic carbocycles. The number of nitrogens with zero attached hydrogens (tertiary/aromatic N) is 3. The number of anilines is 3. The monoisotopic (exact) mass is 484 g/mol. The summed E-state index contributed by atoms with van der Waals surface area (Å²) >= 11 is 0. The van der Waals surface area contributed by atoms with Crippen LogP contribution in [0.15, 0.2) is 47.4 Å². The van der Waals surface area contributed by atoms with E-state index >= 15 is 0 Å². The minimum Gasteiger partial charge on any atom is -0.379 e. The number of benzene rings is 2. The van der Waals surface area contributed by atoms with E-state index in [-0.39, 0.29) is 23.4 Å². The van der Waals surface area contributed by atoms with Gasteiger partial charge in [0, 0.05) is 37.9 Å². The highest BCUT2D eigenvalue weighted by Gasteiger charge is 2.31. The molecule has 2 saturated heterocycles. The second-order valence-corrected chi connectivity index (χ2v) is 11.1. The van der Waals surface area contributed by atoms with Crippen molar-refractivity contribution in [2.45, 2.75) is 37.1 Å². The van der Waals surface area contributed by atoms with Crippen LogP contribution < -0.4 is 15.1 Å². The van der Waals surface area contributed by atoms with Gasteiger partial charge >= 0.3 is 0 Å². The predicted molar refractivity (Wildman–Crippen MR) is 133 cm³/mol. The first-order valence-corrected chi connectivity index (χ1v) is 13.5. The fourth-order valence-corrected chi connectivity index (χ4v) is 6.62. The molecule has 0 unspecified atom stereocenters. The van der Waals surface area contributed by atoms with Crippen molar-refractivity contribution < 1.29 is 17.9 Å². The van der Waals surface area contributed by atoms with E-state index in [9.17, 15) is 13.2 Å². The lowest BCUT2D eigenvalue weighted by molar-refractivity contribution is -0.117. The highest BCUT2D eigenvalue weighted by atomic mass is 32.2. The van der Waals surface area contributed by atoms with Crippen molar-refractivity contribution in [2.24, 2.45) is 0 Å². The lowest BCUT2D eigenvalue weighted by atomic mass is 10.1. The zero-order valence-electron chi connectivity index (χ0n) is 19.6. The number of hydrogen-bond donors (Lipinski definition) is 1. The Labute approximate surface area is 201 Å². The predicted octanol–water partition coefficient (Wildman–Crippen LogP) is 2.70. The third-order valence-corrected chi connectivity index (χ3v) is 8.82. The molecule has 3 aliphatic heterocycles. The molecule has 0 radical (unpaired) electrons. The number of carbonyl (C=O) groups excluding carboxylic acids is 1. The molecular formula is C25H32N4O4S. The molecule has 0 saturated carbocycles. The van der Waals surface area contributed by atoms with Gasteiger partial charge in [0.05, 0.1) is 36.0 Å². The van der Waals surface area contributed by atoms with Gasteiger partial charge in [-0.15, -0.1) is 0 Å². The van der Waals surface area contributed by atoms with Crippen LogP contribution in [-0.2, 0) is 26.0 Å². The summed E-state index contributed by atoms with van der Waals surface area (Å²) in [6, 6.07) is 13.4. The largest absolute Gasteiger partial charge is 0.379 e. The molecule has 0 spiro atoms. The molecule has 1 amide bonds. The highest BCUT2D eigenvalue weighted by molar-refractivity contribution is 7.89. The smallest absolute Gasteiger partial charge is 0.246 e. The Morgan fingerprint density at radius 3 is 2.53 bits per heavy atom. The Balaban J connectivity index is 1.40. The Morgan fingerprint density at radius 1 is 1.03 bits per heavy atom. The molecule has 1 atom stereocenters. The van der Waals surface area contributed by atoms with Crippen molar-refractivity contribution in [1.82, 2.24) is 4.31 Å². The van der Waals surface area contributed by atoms with Crippen LogP contribution in [0.25, 0.3) is 0 Å². The van der Waals surface area contributed by atoms with Gasteiger partial charge in [0.2, 0.25) is 15.9 Å². The van der Waals surface area contributed by atoms with E-state index in [0.717, 1.165) is 43.7 Å². The molecule has 3 aliphatic rings. The summed E-state index contributed by atoms with van der Waals surface area (Å²) in [5, 5.41) is 3.29. The molecule has 182 valence electrons. The van der Waals surface area contributed by atoms with Crippen molar-refractivity contribution in [3.8, 4) is 0 Å². The number of para-hydroxylation sites is 1. The van der Waals surface area contributed by atoms with E-state index in [1.807, 2.05) is 29.2 Å². The van der Waals surface area contributed by atoms with Crippen molar-refractivity contribution in [2.75, 3.05) is 61.1 Å². The first-order valence-electron chi connectivity index (χ1n) is 12.1. The van der Waals surface area contributed by atoms with Gasteiger partial charge in [-0.25, -0.2) is 8.42 Å². The third kappa shape index (κ3) is 4.39. The molecule has 3 heterocycles. The average Bonchev–Trinajstić information content (AvgIpc) is 3.50. The average molecular weight is 485 g/mol. The fourth-order valence-electron chi connectivity index (χ4n) is 5.19. The van der Waals surface area contributed by atoms with Crippen LogP contribution in [-0.4, -0.2) is 70.6 Å². The van der Waals surface area contributed by atoms with E-state index in [1.165, 1.54) is 9.87 Å². The topological polar surface area (TPSA) is 82.2 Å². The molecule has 8 nitrogen and oxygen atoms in total. The van der Waals surface area contributed by atoms with E-state index in [4.69, 9.17) is 4.74 Å². The van der Waals surface area contributed by atoms with Crippen molar-refractivity contribution in [3.05, 3.63) is 48.0 Å². The van der Waals surface area contributed by atoms with Gasteiger partial charge in [0.15, 0.2) is 0 Å². The van der Waals surface area contributed by atoms with Crippen LogP contribution in [0.3, 0.4) is 0 Å². The van der Waals surface area contributed by atoms with E-state index in [0.29, 0.717) is 32.0 Å². The number of rotatable bonds is 6. The Morgan fingerprint density at radius 2 is 1.76 bits per heavy atom. The number of sulfonamides is 1. The molecule has 2 fully saturated rings. The van der Waals surface area contributed by atoms with Crippen molar-refractivity contribution >= 4 is 33.0 Å². The number of carbonyl (C=O) groups is 1. The Hall–Kier alpha value is -2.62. The first-order chi connectivity index (χ1) is 16.4. The number of fused-ring (bicyclic) bond motifs is 1. The van der Waals surface area contributed by atoms with Gasteiger partial charge in [-0.3, -0.25) is 4.79 Å². The second kappa shape index (κ2) is 9.56. The summed E-state index contributed by atoms with van der Waals surface area (Å²) in [4.78, 5) is 17.6. The summed E-state index contributed by atoms with van der Waals surface area (Å²) in [5.74, 6) is -0.0220. The molecule has 2 aromatic rings. The SMILES string of the molecule is C[C@H]1Cc2ccccc2N1C(=O)CNc1cc(S(=O)(=O)N2CCOCC2)ccc1N1CCCC1. The van der Waals surface area contributed by atoms with Crippen molar-refractivity contribution in [1.29, 1.82) is 0 Å². The second-order valence-electron chi connectivity index (χ2n) is 9.19. The number of amides is 1. The van der Waals surface area contributed by atoms with E-state index in [2.05, 4.69) is 23.2 Å². The Kier molecular flexibility index (Phi) is 6.50. The number of hydrogen-bond acceptors (Lipinski definition) is 6. The molecule has 0 aromatic heterocycles. The quantitative estimate of drug-likeness (QED) is 0.679. The normalized spacial score (nSPS) is 21.0. The van der Waals surface area contributed by atoms with Crippen LogP contribution in [0.2, 0.25) is 0 Å². The fraction of sp³-hybridized carbons (Fsp3) is 0.480. The number of nitrogens with one attached hydrogen (secondary N) is 1. The minimum absolute atomic E-state index is 0.0220. The van der Waals surface area contributed by atoms with Crippen LogP contribution in [0.5, 0.6) is 0 Å². The standard InChI is InChI=1S/C25H32N4O4S/c1-19-16-20-6-2-3-7-23(20)29(19)25(30)18-26-22-17-21(8-9-24(22)27-10-4-5-11-27)34(31,32)28-12-14-33-15-13-28/h2-3,6-9,17,19,26H,4-5,10-16,18H2,1H3/t19-/m0/s1. The number of ether oxygens (including phenoxy) is 1. The molecule has 5 rings (SSSR count). The van der Waals surface area contributed by atoms with Crippen LogP contribution in [0.1, 0.15) is 25.3 Å². The lowest BCUT2D eigenvalue weighted by Crippen LogP contribution is -2.40. The number of morpholine rings is 1. The molecule has 1 N–H and O–H groups in total. The van der Waals surface area contributed by atoms with Gasteiger partial charge in [0.1, 0.15) is 0 Å².